The number of aromatic nitrogens is 5. The van der Waals surface area contributed by atoms with E-state index in [-0.39, 0.29) is 17.5 Å². The normalized spacial score (nSPS) is 16.2. The largest absolute Gasteiger partial charge is 0.435 e. The van der Waals surface area contributed by atoms with E-state index in [1.807, 2.05) is 0 Å². The summed E-state index contributed by atoms with van der Waals surface area (Å²) < 4.78 is 31.6. The third-order valence-electron chi connectivity index (χ3n) is 4.06. The first-order valence-corrected chi connectivity index (χ1v) is 7.65. The number of halogens is 2. The monoisotopic (exact) mass is 345 g/mol. The summed E-state index contributed by atoms with van der Waals surface area (Å²) in [6, 6.07) is 5.57. The SMILES string of the molecule is O=c1n(-c2ccc(OC(F)F)cc2)nc2n1[C@H](c1cnccn1)CC2. The Balaban J connectivity index is 1.69. The zero-order chi connectivity index (χ0) is 17.4. The summed E-state index contributed by atoms with van der Waals surface area (Å²) in [7, 11) is 0. The predicted molar refractivity (Wildman–Crippen MR) is 82.9 cm³/mol. The van der Waals surface area contributed by atoms with E-state index in [4.69, 9.17) is 0 Å². The highest BCUT2D eigenvalue weighted by Gasteiger charge is 2.30. The van der Waals surface area contributed by atoms with Gasteiger partial charge in [0.15, 0.2) is 0 Å². The van der Waals surface area contributed by atoms with Crippen LogP contribution in [0.15, 0.2) is 47.7 Å². The van der Waals surface area contributed by atoms with Gasteiger partial charge >= 0.3 is 12.3 Å². The van der Waals surface area contributed by atoms with E-state index in [1.165, 1.54) is 28.9 Å². The van der Waals surface area contributed by atoms with Crippen molar-refractivity contribution in [2.45, 2.75) is 25.5 Å². The fourth-order valence-corrected chi connectivity index (χ4v) is 3.00. The minimum absolute atomic E-state index is 0.0241. The molecule has 0 saturated carbocycles. The maximum Gasteiger partial charge on any atom is 0.387 e. The van der Waals surface area contributed by atoms with Crippen molar-refractivity contribution >= 4 is 0 Å². The third-order valence-corrected chi connectivity index (χ3v) is 4.06. The first-order chi connectivity index (χ1) is 12.1. The van der Waals surface area contributed by atoms with E-state index >= 15 is 0 Å². The molecule has 9 heteroatoms. The summed E-state index contributed by atoms with van der Waals surface area (Å²) in [6.45, 7) is -2.89. The average Bonchev–Trinajstić information content (AvgIpc) is 3.17. The molecular weight excluding hydrogens is 332 g/mol. The number of hydrogen-bond donors (Lipinski definition) is 0. The van der Waals surface area contributed by atoms with E-state index in [1.54, 1.807) is 23.2 Å². The number of ether oxygens (including phenoxy) is 1. The molecule has 0 saturated heterocycles. The van der Waals surface area contributed by atoms with Crippen LogP contribution < -0.4 is 10.4 Å². The number of benzene rings is 1. The van der Waals surface area contributed by atoms with Crippen LogP contribution in [0.4, 0.5) is 8.78 Å². The first-order valence-electron chi connectivity index (χ1n) is 7.65. The molecule has 1 aromatic carbocycles. The zero-order valence-electron chi connectivity index (χ0n) is 12.9. The lowest BCUT2D eigenvalue weighted by Gasteiger charge is -2.10. The van der Waals surface area contributed by atoms with Crippen LogP contribution in [0.5, 0.6) is 5.75 Å². The van der Waals surface area contributed by atoms with Gasteiger partial charge in [-0.2, -0.15) is 13.5 Å². The van der Waals surface area contributed by atoms with Crippen molar-refractivity contribution in [1.82, 2.24) is 24.3 Å². The van der Waals surface area contributed by atoms with Gasteiger partial charge in [0.1, 0.15) is 11.6 Å². The molecule has 0 fully saturated rings. The molecule has 0 N–H and O–H groups in total. The molecule has 128 valence electrons. The van der Waals surface area contributed by atoms with Crippen LogP contribution in [-0.2, 0) is 6.42 Å². The topological polar surface area (TPSA) is 74.8 Å². The van der Waals surface area contributed by atoms with Gasteiger partial charge in [-0.3, -0.25) is 14.5 Å². The quantitative estimate of drug-likeness (QED) is 0.723. The van der Waals surface area contributed by atoms with Gasteiger partial charge in [-0.1, -0.05) is 0 Å². The number of rotatable bonds is 4. The van der Waals surface area contributed by atoms with E-state index in [9.17, 15) is 13.6 Å². The summed E-state index contributed by atoms with van der Waals surface area (Å²) in [5, 5.41) is 4.36. The zero-order valence-corrected chi connectivity index (χ0v) is 12.9. The summed E-state index contributed by atoms with van der Waals surface area (Å²) in [4.78, 5) is 21.1. The van der Waals surface area contributed by atoms with E-state index in [2.05, 4.69) is 19.8 Å². The Kier molecular flexibility index (Phi) is 3.75. The smallest absolute Gasteiger partial charge is 0.387 e. The fourth-order valence-electron chi connectivity index (χ4n) is 3.00. The van der Waals surface area contributed by atoms with Crippen LogP contribution in [-0.4, -0.2) is 30.9 Å². The molecule has 3 aromatic rings. The minimum Gasteiger partial charge on any atom is -0.435 e. The number of aryl methyl sites for hydroxylation is 1. The molecule has 0 aliphatic carbocycles. The van der Waals surface area contributed by atoms with Crippen molar-refractivity contribution in [3.05, 3.63) is 64.9 Å². The summed E-state index contributed by atoms with van der Waals surface area (Å²) in [5.74, 6) is 0.685. The summed E-state index contributed by atoms with van der Waals surface area (Å²) in [6.07, 6.45) is 6.19. The lowest BCUT2D eigenvalue weighted by molar-refractivity contribution is -0.0498. The van der Waals surface area contributed by atoms with Gasteiger partial charge in [-0.25, -0.2) is 4.79 Å². The van der Waals surface area contributed by atoms with Crippen molar-refractivity contribution in [3.63, 3.8) is 0 Å². The van der Waals surface area contributed by atoms with Crippen molar-refractivity contribution < 1.29 is 13.5 Å². The number of nitrogens with zero attached hydrogens (tertiary/aromatic N) is 5. The van der Waals surface area contributed by atoms with E-state index < -0.39 is 6.61 Å². The van der Waals surface area contributed by atoms with Gasteiger partial charge in [0.05, 0.1) is 23.6 Å². The van der Waals surface area contributed by atoms with E-state index in [0.717, 1.165) is 6.42 Å². The Morgan fingerprint density at radius 3 is 2.68 bits per heavy atom. The Bertz CT molecular complexity index is 937. The van der Waals surface area contributed by atoms with Gasteiger partial charge in [-0.05, 0) is 30.7 Å². The molecule has 0 bridgehead atoms. The second kappa shape index (κ2) is 6.08. The highest BCUT2D eigenvalue weighted by molar-refractivity contribution is 5.36. The second-order valence-corrected chi connectivity index (χ2v) is 5.54. The van der Waals surface area contributed by atoms with Gasteiger partial charge in [-0.15, -0.1) is 5.10 Å². The second-order valence-electron chi connectivity index (χ2n) is 5.54. The van der Waals surface area contributed by atoms with Crippen LogP contribution in [0.25, 0.3) is 5.69 Å². The molecule has 4 rings (SSSR count). The molecule has 3 heterocycles. The van der Waals surface area contributed by atoms with Crippen LogP contribution >= 0.6 is 0 Å². The lowest BCUT2D eigenvalue weighted by atomic mass is 10.1. The molecule has 0 amide bonds. The standard InChI is InChI=1S/C16H13F2N5O2/c17-15(18)25-11-3-1-10(2-4-11)23-16(24)22-13(5-6-14(22)21-23)12-9-19-7-8-20-12/h1-4,7-9,13,15H,5-6H2/t13-/m0/s1. The maximum absolute atomic E-state index is 12.8. The van der Waals surface area contributed by atoms with Crippen molar-refractivity contribution in [2.75, 3.05) is 0 Å². The minimum atomic E-state index is -2.89. The Hall–Kier alpha value is -3.10. The van der Waals surface area contributed by atoms with Gasteiger partial charge < -0.3 is 4.74 Å². The van der Waals surface area contributed by atoms with Crippen molar-refractivity contribution in [1.29, 1.82) is 0 Å². The van der Waals surface area contributed by atoms with Crippen LogP contribution in [0.1, 0.15) is 24.0 Å². The molecular formula is C16H13F2N5O2. The number of fused-ring (bicyclic) bond motifs is 1. The van der Waals surface area contributed by atoms with Gasteiger partial charge in [0, 0.05) is 18.8 Å². The average molecular weight is 345 g/mol. The molecule has 1 aliphatic heterocycles. The Labute approximate surface area is 140 Å². The number of alkyl halides is 2. The molecule has 7 nitrogen and oxygen atoms in total. The molecule has 25 heavy (non-hydrogen) atoms. The lowest BCUT2D eigenvalue weighted by Crippen LogP contribution is -2.26. The van der Waals surface area contributed by atoms with Crippen LogP contribution in [0.3, 0.4) is 0 Å². The third kappa shape index (κ3) is 2.77. The highest BCUT2D eigenvalue weighted by atomic mass is 19.3. The van der Waals surface area contributed by atoms with E-state index in [0.29, 0.717) is 23.6 Å². The summed E-state index contributed by atoms with van der Waals surface area (Å²) in [5.41, 5.74) is 0.890. The molecule has 0 radical (unpaired) electrons. The highest BCUT2D eigenvalue weighted by Crippen LogP contribution is 2.28. The molecule has 1 aliphatic rings. The Morgan fingerprint density at radius 1 is 1.20 bits per heavy atom. The molecule has 0 unspecified atom stereocenters. The summed E-state index contributed by atoms with van der Waals surface area (Å²) >= 11 is 0. The molecule has 1 atom stereocenters. The van der Waals surface area contributed by atoms with Crippen molar-refractivity contribution in [3.8, 4) is 11.4 Å². The predicted octanol–water partition coefficient (Wildman–Crippen LogP) is 1.96. The van der Waals surface area contributed by atoms with Gasteiger partial charge in [0.2, 0.25) is 0 Å². The van der Waals surface area contributed by atoms with Crippen LogP contribution in [0, 0.1) is 0 Å². The number of hydrogen-bond acceptors (Lipinski definition) is 5. The molecule has 0 spiro atoms. The van der Waals surface area contributed by atoms with Crippen molar-refractivity contribution in [2.24, 2.45) is 0 Å². The first kappa shape index (κ1) is 15.4. The Morgan fingerprint density at radius 2 is 2.00 bits per heavy atom. The molecule has 2 aromatic heterocycles. The fraction of sp³-hybridized carbons (Fsp3) is 0.250. The maximum atomic E-state index is 12.8. The van der Waals surface area contributed by atoms with Gasteiger partial charge in [0.25, 0.3) is 0 Å². The van der Waals surface area contributed by atoms with Crippen LogP contribution in [0.2, 0.25) is 0 Å².